The topological polar surface area (TPSA) is 40.5 Å². The first-order chi connectivity index (χ1) is 11.6. The highest BCUT2D eigenvalue weighted by Crippen LogP contribution is 2.35. The number of benzene rings is 2. The molecular weight excluding hydrogens is 318 g/mol. The van der Waals surface area contributed by atoms with Crippen molar-refractivity contribution in [3.05, 3.63) is 71.8 Å². The maximum atomic E-state index is 13.0. The molecule has 1 heterocycles. The molecule has 126 valence electrons. The molecule has 0 aliphatic carbocycles. The third-order valence-electron chi connectivity index (χ3n) is 4.62. The van der Waals surface area contributed by atoms with E-state index >= 15 is 0 Å². The Balaban J connectivity index is 1.83. The number of aliphatic hydroxyl groups is 1. The van der Waals surface area contributed by atoms with Crippen molar-refractivity contribution in [1.29, 1.82) is 0 Å². The van der Waals surface area contributed by atoms with Gasteiger partial charge in [0.25, 0.3) is 0 Å². The summed E-state index contributed by atoms with van der Waals surface area (Å²) in [7, 11) is 2.11. The summed E-state index contributed by atoms with van der Waals surface area (Å²) in [4.78, 5) is 15.3. The summed E-state index contributed by atoms with van der Waals surface area (Å²) in [5.74, 6) is 1.27. The van der Waals surface area contributed by atoms with E-state index in [1.54, 1.807) is 0 Å². The molecular formula is C20H23NO2S. The van der Waals surface area contributed by atoms with E-state index in [2.05, 4.69) is 11.9 Å². The molecule has 0 bridgehead atoms. The van der Waals surface area contributed by atoms with Crippen LogP contribution < -0.4 is 0 Å². The highest BCUT2D eigenvalue weighted by Gasteiger charge is 2.40. The van der Waals surface area contributed by atoms with Gasteiger partial charge in [0.2, 0.25) is 5.12 Å². The lowest BCUT2D eigenvalue weighted by atomic mass is 9.87. The van der Waals surface area contributed by atoms with E-state index in [-0.39, 0.29) is 5.12 Å². The number of thioether (sulfide) groups is 1. The zero-order valence-electron chi connectivity index (χ0n) is 13.9. The second-order valence-corrected chi connectivity index (χ2v) is 7.45. The minimum absolute atomic E-state index is 0.200. The van der Waals surface area contributed by atoms with E-state index in [1.807, 2.05) is 60.7 Å². The molecule has 1 atom stereocenters. The third kappa shape index (κ3) is 3.56. The zero-order chi connectivity index (χ0) is 17.0. The Labute approximate surface area is 147 Å². The molecule has 24 heavy (non-hydrogen) atoms. The largest absolute Gasteiger partial charge is 0.372 e. The van der Waals surface area contributed by atoms with Gasteiger partial charge in [-0.1, -0.05) is 72.4 Å². The van der Waals surface area contributed by atoms with Crippen LogP contribution in [0.3, 0.4) is 0 Å². The Hall–Kier alpha value is -1.62. The van der Waals surface area contributed by atoms with E-state index in [4.69, 9.17) is 0 Å². The summed E-state index contributed by atoms with van der Waals surface area (Å²) in [5.41, 5.74) is -0.355. The van der Waals surface area contributed by atoms with Crippen molar-refractivity contribution in [2.75, 3.05) is 25.9 Å². The lowest BCUT2D eigenvalue weighted by Crippen LogP contribution is -2.35. The van der Waals surface area contributed by atoms with Gasteiger partial charge in [-0.05, 0) is 37.1 Å². The molecule has 0 radical (unpaired) electrons. The summed E-state index contributed by atoms with van der Waals surface area (Å²) >= 11 is 1.26. The molecule has 0 spiro atoms. The highest BCUT2D eigenvalue weighted by molar-refractivity contribution is 8.13. The summed E-state index contributed by atoms with van der Waals surface area (Å²) < 4.78 is 0. The number of nitrogens with zero attached hydrogens (tertiary/aromatic N) is 1. The van der Waals surface area contributed by atoms with E-state index in [0.717, 1.165) is 25.3 Å². The Bertz CT molecular complexity index is 635. The van der Waals surface area contributed by atoms with Gasteiger partial charge in [-0.15, -0.1) is 0 Å². The molecule has 2 aromatic rings. The van der Waals surface area contributed by atoms with Gasteiger partial charge in [-0.3, -0.25) is 4.79 Å². The minimum Gasteiger partial charge on any atom is -0.372 e. The number of hydrogen-bond donors (Lipinski definition) is 1. The Kier molecular flexibility index (Phi) is 5.39. The predicted molar refractivity (Wildman–Crippen MR) is 99.0 cm³/mol. The first-order valence-electron chi connectivity index (χ1n) is 8.30. The summed E-state index contributed by atoms with van der Waals surface area (Å²) in [5, 5.41) is 11.2. The van der Waals surface area contributed by atoms with Crippen molar-refractivity contribution < 1.29 is 9.90 Å². The van der Waals surface area contributed by atoms with Crippen molar-refractivity contribution in [1.82, 2.24) is 4.90 Å². The van der Waals surface area contributed by atoms with Crippen LogP contribution in [0.2, 0.25) is 0 Å². The normalized spacial score (nSPS) is 18.7. The van der Waals surface area contributed by atoms with E-state index in [1.165, 1.54) is 11.8 Å². The van der Waals surface area contributed by atoms with E-state index in [0.29, 0.717) is 17.0 Å². The first kappa shape index (κ1) is 17.2. The molecule has 2 aromatic carbocycles. The smallest absolute Gasteiger partial charge is 0.229 e. The van der Waals surface area contributed by atoms with Crippen LogP contribution in [0, 0.1) is 5.92 Å². The van der Waals surface area contributed by atoms with Crippen LogP contribution >= 0.6 is 11.8 Å². The predicted octanol–water partition coefficient (Wildman–Crippen LogP) is 3.13. The molecule has 3 rings (SSSR count). The average molecular weight is 341 g/mol. The van der Waals surface area contributed by atoms with Gasteiger partial charge in [-0.25, -0.2) is 0 Å². The van der Waals surface area contributed by atoms with Gasteiger partial charge in [0.1, 0.15) is 0 Å². The maximum Gasteiger partial charge on any atom is 0.229 e. The summed E-state index contributed by atoms with van der Waals surface area (Å²) in [6.07, 6.45) is 1.12. The highest BCUT2D eigenvalue weighted by atomic mass is 32.2. The van der Waals surface area contributed by atoms with Crippen LogP contribution in [0.5, 0.6) is 0 Å². The fraction of sp³-hybridized carbons (Fsp3) is 0.350. The molecule has 1 aliphatic rings. The van der Waals surface area contributed by atoms with Crippen LogP contribution in [0.1, 0.15) is 17.5 Å². The van der Waals surface area contributed by atoms with Gasteiger partial charge in [0.15, 0.2) is 5.60 Å². The van der Waals surface area contributed by atoms with Crippen molar-refractivity contribution in [2.45, 2.75) is 12.0 Å². The van der Waals surface area contributed by atoms with Gasteiger partial charge in [0, 0.05) is 12.3 Å². The van der Waals surface area contributed by atoms with Crippen LogP contribution in [-0.4, -0.2) is 41.0 Å². The second-order valence-electron chi connectivity index (χ2n) is 6.46. The summed E-state index contributed by atoms with van der Waals surface area (Å²) in [6, 6.07) is 18.5. The molecule has 0 unspecified atom stereocenters. The Morgan fingerprint density at radius 2 is 1.67 bits per heavy atom. The number of rotatable bonds is 5. The Morgan fingerprint density at radius 1 is 1.12 bits per heavy atom. The van der Waals surface area contributed by atoms with Crippen LogP contribution in [0.25, 0.3) is 0 Å². The average Bonchev–Trinajstić information content (AvgIpc) is 3.05. The van der Waals surface area contributed by atoms with Gasteiger partial charge >= 0.3 is 0 Å². The fourth-order valence-corrected chi connectivity index (χ4v) is 4.33. The SMILES string of the molecule is CN1CC[C@H](CSC(=O)C(O)(c2ccccc2)c2ccccc2)C1. The molecule has 0 amide bonds. The molecule has 0 aromatic heterocycles. The molecule has 4 heteroatoms. The number of hydrogen-bond acceptors (Lipinski definition) is 4. The lowest BCUT2D eigenvalue weighted by Gasteiger charge is -2.27. The monoisotopic (exact) mass is 341 g/mol. The third-order valence-corrected chi connectivity index (χ3v) is 5.81. The standard InChI is InChI=1S/C20H23NO2S/c1-21-13-12-16(14-21)15-24-19(22)20(23,17-8-4-2-5-9-17)18-10-6-3-7-11-18/h2-11,16,23H,12-15H2,1H3/t16-/m0/s1. The zero-order valence-corrected chi connectivity index (χ0v) is 14.7. The van der Waals surface area contributed by atoms with Gasteiger partial charge in [0.05, 0.1) is 0 Å². The molecule has 3 nitrogen and oxygen atoms in total. The van der Waals surface area contributed by atoms with Gasteiger partial charge < -0.3 is 10.0 Å². The van der Waals surface area contributed by atoms with Crippen LogP contribution in [0.15, 0.2) is 60.7 Å². The number of carbonyl (C=O) groups is 1. The fourth-order valence-electron chi connectivity index (χ4n) is 3.22. The first-order valence-corrected chi connectivity index (χ1v) is 9.28. The molecule has 1 aliphatic heterocycles. The minimum atomic E-state index is -1.60. The lowest BCUT2D eigenvalue weighted by molar-refractivity contribution is -0.124. The number of carbonyl (C=O) groups excluding carboxylic acids is 1. The summed E-state index contributed by atoms with van der Waals surface area (Å²) in [6.45, 7) is 2.11. The number of likely N-dealkylation sites (tertiary alicyclic amines) is 1. The molecule has 1 fully saturated rings. The van der Waals surface area contributed by atoms with Crippen molar-refractivity contribution in [3.8, 4) is 0 Å². The van der Waals surface area contributed by atoms with Crippen molar-refractivity contribution in [2.24, 2.45) is 5.92 Å². The quantitative estimate of drug-likeness (QED) is 0.907. The van der Waals surface area contributed by atoms with Crippen molar-refractivity contribution >= 4 is 16.9 Å². The molecule has 1 saturated heterocycles. The van der Waals surface area contributed by atoms with Crippen LogP contribution in [-0.2, 0) is 10.4 Å². The van der Waals surface area contributed by atoms with E-state index < -0.39 is 5.60 Å². The van der Waals surface area contributed by atoms with Gasteiger partial charge in [-0.2, -0.15) is 0 Å². The van der Waals surface area contributed by atoms with Crippen molar-refractivity contribution in [3.63, 3.8) is 0 Å². The van der Waals surface area contributed by atoms with E-state index in [9.17, 15) is 9.90 Å². The Morgan fingerprint density at radius 3 is 2.12 bits per heavy atom. The maximum absolute atomic E-state index is 13.0. The second kappa shape index (κ2) is 7.51. The molecule has 0 saturated carbocycles. The molecule has 1 N–H and O–H groups in total. The van der Waals surface area contributed by atoms with Crippen LogP contribution in [0.4, 0.5) is 0 Å².